The Morgan fingerprint density at radius 2 is 1.57 bits per heavy atom. The van der Waals surface area contributed by atoms with Crippen LogP contribution < -0.4 is 9.64 Å². The Balaban J connectivity index is 2.04. The van der Waals surface area contributed by atoms with Crippen LogP contribution in [0.15, 0.2) is 54.6 Å². The van der Waals surface area contributed by atoms with Crippen molar-refractivity contribution in [2.24, 2.45) is 0 Å². The van der Waals surface area contributed by atoms with Gasteiger partial charge in [0, 0.05) is 12.7 Å². The highest BCUT2D eigenvalue weighted by molar-refractivity contribution is 5.90. The Kier molecular flexibility index (Phi) is 4.56. The summed E-state index contributed by atoms with van der Waals surface area (Å²) in [4.78, 5) is 24.7. The number of nitrogens with zero attached hydrogens (tertiary/aromatic N) is 1. The number of hydrogen-bond donors (Lipinski definition) is 0. The maximum atomic E-state index is 12.0. The van der Waals surface area contributed by atoms with Gasteiger partial charge < -0.3 is 9.47 Å². The molecule has 2 aromatic rings. The van der Waals surface area contributed by atoms with Gasteiger partial charge in [-0.15, -0.1) is 0 Å². The number of hydrogen-bond acceptors (Lipinski definition) is 4. The highest BCUT2D eigenvalue weighted by atomic mass is 16.6. The summed E-state index contributed by atoms with van der Waals surface area (Å²) < 4.78 is 9.83. The van der Waals surface area contributed by atoms with Crippen molar-refractivity contribution in [3.05, 3.63) is 60.2 Å². The molecular weight excluding hydrogens is 270 g/mol. The lowest BCUT2D eigenvalue weighted by molar-refractivity contribution is 0.0600. The molecule has 0 aromatic heterocycles. The first kappa shape index (κ1) is 14.6. The molecule has 0 unspecified atom stereocenters. The minimum atomic E-state index is -0.507. The topological polar surface area (TPSA) is 55.8 Å². The van der Waals surface area contributed by atoms with Crippen LogP contribution in [0, 0.1) is 0 Å². The maximum Gasteiger partial charge on any atom is 0.419 e. The Morgan fingerprint density at radius 1 is 0.952 bits per heavy atom. The summed E-state index contributed by atoms with van der Waals surface area (Å²) in [6.07, 6.45) is -0.507. The molecule has 0 spiro atoms. The van der Waals surface area contributed by atoms with Crippen molar-refractivity contribution in [3.8, 4) is 5.75 Å². The molecule has 0 N–H and O–H groups in total. The van der Waals surface area contributed by atoms with Gasteiger partial charge in [-0.3, -0.25) is 4.90 Å². The Hall–Kier alpha value is -2.82. The molecule has 2 aromatic carbocycles. The molecule has 0 aliphatic heterocycles. The molecule has 0 heterocycles. The lowest BCUT2D eigenvalue weighted by Gasteiger charge is -2.16. The molecule has 0 saturated heterocycles. The second kappa shape index (κ2) is 6.56. The fraction of sp³-hybridized carbons (Fsp3) is 0.125. The number of methoxy groups -OCH3 is 1. The zero-order valence-electron chi connectivity index (χ0n) is 11.8. The quantitative estimate of drug-likeness (QED) is 0.813. The Bertz CT molecular complexity index is 622. The van der Waals surface area contributed by atoms with Crippen LogP contribution in [0.25, 0.3) is 0 Å². The van der Waals surface area contributed by atoms with Crippen LogP contribution in [0.5, 0.6) is 5.75 Å². The summed E-state index contributed by atoms with van der Waals surface area (Å²) in [5, 5.41) is 0. The largest absolute Gasteiger partial charge is 0.465 e. The fourth-order valence-corrected chi connectivity index (χ4v) is 1.70. The molecular formula is C16H15NO4. The van der Waals surface area contributed by atoms with Gasteiger partial charge in [0.05, 0.1) is 12.7 Å². The van der Waals surface area contributed by atoms with E-state index >= 15 is 0 Å². The summed E-state index contributed by atoms with van der Waals surface area (Å²) in [5.41, 5.74) is 1.13. The average molecular weight is 285 g/mol. The molecule has 0 atom stereocenters. The Morgan fingerprint density at radius 3 is 2.14 bits per heavy atom. The van der Waals surface area contributed by atoms with Gasteiger partial charge in [0.25, 0.3) is 0 Å². The number of rotatable bonds is 3. The van der Waals surface area contributed by atoms with E-state index in [1.54, 1.807) is 19.2 Å². The first-order valence-corrected chi connectivity index (χ1v) is 6.31. The standard InChI is InChI=1S/C16H15NO4/c1-17(13-6-4-3-5-7-13)16(19)21-14-10-8-12(9-11-14)15(18)20-2/h3-11H,1-2H3. The number of amides is 1. The highest BCUT2D eigenvalue weighted by Gasteiger charge is 2.13. The van der Waals surface area contributed by atoms with Crippen LogP contribution in [0.1, 0.15) is 10.4 Å². The number of carbonyl (C=O) groups is 2. The minimum Gasteiger partial charge on any atom is -0.465 e. The van der Waals surface area contributed by atoms with Crippen LogP contribution >= 0.6 is 0 Å². The molecule has 21 heavy (non-hydrogen) atoms. The molecule has 2 rings (SSSR count). The van der Waals surface area contributed by atoms with Crippen molar-refractivity contribution in [2.75, 3.05) is 19.1 Å². The molecule has 0 aliphatic carbocycles. The number of para-hydroxylation sites is 1. The molecule has 0 bridgehead atoms. The van der Waals surface area contributed by atoms with Crippen LogP contribution in [0.4, 0.5) is 10.5 Å². The van der Waals surface area contributed by atoms with Crippen LogP contribution in [-0.2, 0) is 4.74 Å². The summed E-state index contributed by atoms with van der Waals surface area (Å²) >= 11 is 0. The minimum absolute atomic E-state index is 0.357. The number of esters is 1. The molecule has 108 valence electrons. The van der Waals surface area contributed by atoms with E-state index in [0.717, 1.165) is 5.69 Å². The van der Waals surface area contributed by atoms with E-state index < -0.39 is 12.1 Å². The van der Waals surface area contributed by atoms with Gasteiger partial charge >= 0.3 is 12.1 Å². The average Bonchev–Trinajstić information content (AvgIpc) is 2.55. The lowest BCUT2D eigenvalue weighted by Crippen LogP contribution is -2.29. The fourth-order valence-electron chi connectivity index (χ4n) is 1.70. The molecule has 0 fully saturated rings. The van der Waals surface area contributed by atoms with Crippen LogP contribution in [0.3, 0.4) is 0 Å². The summed E-state index contributed by atoms with van der Waals surface area (Å²) in [6.45, 7) is 0. The van der Waals surface area contributed by atoms with Gasteiger partial charge in [-0.2, -0.15) is 0 Å². The molecule has 1 amide bonds. The smallest absolute Gasteiger partial charge is 0.419 e. The first-order valence-electron chi connectivity index (χ1n) is 6.31. The number of carbonyl (C=O) groups excluding carboxylic acids is 2. The lowest BCUT2D eigenvalue weighted by atomic mass is 10.2. The summed E-state index contributed by atoms with van der Waals surface area (Å²) in [5.74, 6) is -0.0790. The third kappa shape index (κ3) is 3.60. The van der Waals surface area contributed by atoms with E-state index in [9.17, 15) is 9.59 Å². The van der Waals surface area contributed by atoms with Gasteiger partial charge in [-0.05, 0) is 36.4 Å². The summed E-state index contributed by atoms with van der Waals surface area (Å²) in [6, 6.07) is 15.3. The van der Waals surface area contributed by atoms with Crippen LogP contribution in [0.2, 0.25) is 0 Å². The monoisotopic (exact) mass is 285 g/mol. The van der Waals surface area contributed by atoms with Gasteiger partial charge in [0.2, 0.25) is 0 Å². The van der Waals surface area contributed by atoms with Gasteiger partial charge in [0.1, 0.15) is 5.75 Å². The zero-order chi connectivity index (χ0) is 15.2. The van der Waals surface area contributed by atoms with E-state index in [-0.39, 0.29) is 0 Å². The maximum absolute atomic E-state index is 12.0. The first-order chi connectivity index (χ1) is 10.1. The van der Waals surface area contributed by atoms with Crippen molar-refractivity contribution in [1.82, 2.24) is 0 Å². The highest BCUT2D eigenvalue weighted by Crippen LogP contribution is 2.16. The third-order valence-electron chi connectivity index (χ3n) is 2.90. The number of benzene rings is 2. The van der Waals surface area contributed by atoms with Crippen molar-refractivity contribution in [1.29, 1.82) is 0 Å². The van der Waals surface area contributed by atoms with E-state index in [1.165, 1.54) is 24.1 Å². The molecule has 0 aliphatic rings. The summed E-state index contributed by atoms with van der Waals surface area (Å²) in [7, 11) is 2.94. The molecule has 0 saturated carbocycles. The Labute approximate surface area is 122 Å². The van der Waals surface area contributed by atoms with E-state index in [4.69, 9.17) is 4.74 Å². The van der Waals surface area contributed by atoms with Gasteiger partial charge in [-0.1, -0.05) is 18.2 Å². The van der Waals surface area contributed by atoms with Gasteiger partial charge in [-0.25, -0.2) is 9.59 Å². The van der Waals surface area contributed by atoms with Crippen molar-refractivity contribution in [2.45, 2.75) is 0 Å². The van der Waals surface area contributed by atoms with E-state index in [2.05, 4.69) is 4.74 Å². The van der Waals surface area contributed by atoms with E-state index in [1.807, 2.05) is 30.3 Å². The third-order valence-corrected chi connectivity index (χ3v) is 2.90. The van der Waals surface area contributed by atoms with Crippen molar-refractivity contribution < 1.29 is 19.1 Å². The van der Waals surface area contributed by atoms with Gasteiger partial charge in [0.15, 0.2) is 0 Å². The number of anilines is 1. The molecule has 5 nitrogen and oxygen atoms in total. The second-order valence-corrected chi connectivity index (χ2v) is 4.28. The SMILES string of the molecule is COC(=O)c1ccc(OC(=O)N(C)c2ccccc2)cc1. The second-order valence-electron chi connectivity index (χ2n) is 4.28. The van der Waals surface area contributed by atoms with Crippen LogP contribution in [-0.4, -0.2) is 26.2 Å². The predicted molar refractivity (Wildman–Crippen MR) is 78.7 cm³/mol. The van der Waals surface area contributed by atoms with Crippen molar-refractivity contribution >= 4 is 17.7 Å². The molecule has 5 heteroatoms. The van der Waals surface area contributed by atoms with E-state index in [0.29, 0.717) is 11.3 Å². The number of ether oxygens (including phenoxy) is 2. The van der Waals surface area contributed by atoms with Crippen molar-refractivity contribution in [3.63, 3.8) is 0 Å². The predicted octanol–water partition coefficient (Wildman–Crippen LogP) is 3.11. The zero-order valence-corrected chi connectivity index (χ0v) is 11.8. The molecule has 0 radical (unpaired) electrons. The normalized spacial score (nSPS) is 9.81.